The average molecular weight is 454 g/mol. The molecule has 172 valence electrons. The van der Waals surface area contributed by atoms with Crippen LogP contribution in [0.1, 0.15) is 56.8 Å². The van der Waals surface area contributed by atoms with Crippen LogP contribution in [-0.2, 0) is 4.79 Å². The molecule has 3 aromatic carbocycles. The molecular weight excluding hydrogens is 426 g/mol. The van der Waals surface area contributed by atoms with Gasteiger partial charge in [0, 0.05) is 11.7 Å². The van der Waals surface area contributed by atoms with Gasteiger partial charge in [0.2, 0.25) is 5.91 Å². The van der Waals surface area contributed by atoms with Gasteiger partial charge in [-0.3, -0.25) is 19.3 Å². The molecule has 3 aromatic rings. The predicted octanol–water partition coefficient (Wildman–Crippen LogP) is 4.88. The molecule has 2 aliphatic heterocycles. The van der Waals surface area contributed by atoms with Crippen LogP contribution in [0.15, 0.2) is 66.7 Å². The monoisotopic (exact) mass is 453 g/mol. The number of amides is 3. The normalized spacial score (nSPS) is 19.1. The molecule has 0 unspecified atom stereocenters. The van der Waals surface area contributed by atoms with Gasteiger partial charge in [0.1, 0.15) is 6.54 Å². The van der Waals surface area contributed by atoms with E-state index in [-0.39, 0.29) is 24.5 Å². The molecule has 0 fully saturated rings. The van der Waals surface area contributed by atoms with E-state index in [0.717, 1.165) is 33.0 Å². The second kappa shape index (κ2) is 8.45. The van der Waals surface area contributed by atoms with Crippen molar-refractivity contribution in [2.45, 2.75) is 39.3 Å². The predicted molar refractivity (Wildman–Crippen MR) is 132 cm³/mol. The van der Waals surface area contributed by atoms with Gasteiger partial charge in [0.15, 0.2) is 0 Å². The van der Waals surface area contributed by atoms with Crippen LogP contribution in [0.5, 0.6) is 0 Å². The molecule has 2 atom stereocenters. The van der Waals surface area contributed by atoms with Crippen LogP contribution in [0.3, 0.4) is 0 Å². The van der Waals surface area contributed by atoms with Gasteiger partial charge < -0.3 is 10.2 Å². The van der Waals surface area contributed by atoms with Gasteiger partial charge in [0.25, 0.3) is 11.8 Å². The summed E-state index contributed by atoms with van der Waals surface area (Å²) in [4.78, 5) is 42.1. The van der Waals surface area contributed by atoms with E-state index in [1.165, 1.54) is 0 Å². The Hall–Kier alpha value is -3.93. The van der Waals surface area contributed by atoms with Crippen molar-refractivity contribution in [1.29, 1.82) is 0 Å². The molecule has 0 bridgehead atoms. The summed E-state index contributed by atoms with van der Waals surface area (Å²) in [5, 5.41) is 3.66. The number of anilines is 2. The summed E-state index contributed by atoms with van der Waals surface area (Å²) in [5.41, 5.74) is 5.81. The SMILES string of the molecule is Cc1ccccc1N[C@H]1C[C@H](C)N(C(=O)CN2C(=O)c3ccccc3C2=O)c2c(C)cccc21. The minimum atomic E-state index is -0.414. The van der Waals surface area contributed by atoms with E-state index >= 15 is 0 Å². The summed E-state index contributed by atoms with van der Waals surface area (Å²) < 4.78 is 0. The Morgan fingerprint density at radius 3 is 2.18 bits per heavy atom. The van der Waals surface area contributed by atoms with E-state index in [1.807, 2.05) is 44.2 Å². The number of hydrogen-bond acceptors (Lipinski definition) is 4. The molecule has 3 amide bonds. The van der Waals surface area contributed by atoms with Gasteiger partial charge in [-0.1, -0.05) is 48.5 Å². The lowest BCUT2D eigenvalue weighted by atomic mass is 9.89. The van der Waals surface area contributed by atoms with E-state index < -0.39 is 11.8 Å². The average Bonchev–Trinajstić information content (AvgIpc) is 3.06. The lowest BCUT2D eigenvalue weighted by Crippen LogP contribution is -2.49. The minimum absolute atomic E-state index is 0.0364. The summed E-state index contributed by atoms with van der Waals surface area (Å²) in [5.74, 6) is -1.09. The molecule has 2 aliphatic rings. The largest absolute Gasteiger partial charge is 0.378 e. The summed E-state index contributed by atoms with van der Waals surface area (Å²) >= 11 is 0. The van der Waals surface area contributed by atoms with Crippen LogP contribution in [0.25, 0.3) is 0 Å². The summed E-state index contributed by atoms with van der Waals surface area (Å²) in [6, 6.07) is 20.8. The molecule has 34 heavy (non-hydrogen) atoms. The molecule has 0 spiro atoms. The number of nitrogens with zero attached hydrogens (tertiary/aromatic N) is 2. The van der Waals surface area contributed by atoms with E-state index in [4.69, 9.17) is 0 Å². The Balaban J connectivity index is 1.45. The number of carbonyl (C=O) groups is 3. The van der Waals surface area contributed by atoms with Crippen molar-refractivity contribution in [3.8, 4) is 0 Å². The number of rotatable bonds is 4. The maximum atomic E-state index is 13.6. The Morgan fingerprint density at radius 1 is 0.882 bits per heavy atom. The standard InChI is InChI=1S/C28H27N3O3/c1-17-9-4-7-14-23(17)29-24-15-19(3)31(26-18(2)10-8-13-22(24)26)25(32)16-30-27(33)20-11-5-6-12-21(20)28(30)34/h4-14,19,24,29H,15-16H2,1-3H3/t19-,24-/m0/s1. The van der Waals surface area contributed by atoms with Crippen LogP contribution < -0.4 is 10.2 Å². The van der Waals surface area contributed by atoms with E-state index in [1.54, 1.807) is 29.2 Å². The molecule has 6 nitrogen and oxygen atoms in total. The molecule has 0 saturated carbocycles. The minimum Gasteiger partial charge on any atom is -0.378 e. The maximum absolute atomic E-state index is 13.6. The van der Waals surface area contributed by atoms with Gasteiger partial charge in [0.05, 0.1) is 22.9 Å². The zero-order valence-corrected chi connectivity index (χ0v) is 19.5. The second-order valence-corrected chi connectivity index (χ2v) is 9.12. The fourth-order valence-electron chi connectivity index (χ4n) is 5.11. The zero-order valence-electron chi connectivity index (χ0n) is 19.5. The van der Waals surface area contributed by atoms with Crippen molar-refractivity contribution in [2.75, 3.05) is 16.8 Å². The fraction of sp³-hybridized carbons (Fsp3) is 0.250. The molecule has 6 heteroatoms. The Morgan fingerprint density at radius 2 is 1.50 bits per heavy atom. The van der Waals surface area contributed by atoms with Crippen molar-refractivity contribution >= 4 is 29.1 Å². The third kappa shape index (κ3) is 3.55. The van der Waals surface area contributed by atoms with Crippen molar-refractivity contribution in [1.82, 2.24) is 4.90 Å². The van der Waals surface area contributed by atoms with Crippen molar-refractivity contribution in [2.24, 2.45) is 0 Å². The van der Waals surface area contributed by atoms with Crippen LogP contribution in [0.4, 0.5) is 11.4 Å². The molecular formula is C28H27N3O3. The van der Waals surface area contributed by atoms with Gasteiger partial charge in [-0.2, -0.15) is 0 Å². The van der Waals surface area contributed by atoms with Crippen molar-refractivity contribution in [3.63, 3.8) is 0 Å². The first-order valence-corrected chi connectivity index (χ1v) is 11.6. The molecule has 0 radical (unpaired) electrons. The third-order valence-corrected chi connectivity index (χ3v) is 6.82. The Labute approximate surface area is 199 Å². The highest BCUT2D eigenvalue weighted by Gasteiger charge is 2.40. The molecule has 0 aliphatic carbocycles. The van der Waals surface area contributed by atoms with Gasteiger partial charge in [-0.05, 0) is 62.1 Å². The zero-order chi connectivity index (χ0) is 24.0. The Kier molecular flexibility index (Phi) is 5.44. The number of para-hydroxylation sites is 2. The molecule has 0 aromatic heterocycles. The topological polar surface area (TPSA) is 69.7 Å². The number of aryl methyl sites for hydroxylation is 2. The van der Waals surface area contributed by atoms with E-state index in [9.17, 15) is 14.4 Å². The summed E-state index contributed by atoms with van der Waals surface area (Å²) in [6.07, 6.45) is 0.707. The first-order chi connectivity index (χ1) is 16.4. The highest BCUT2D eigenvalue weighted by Crippen LogP contribution is 2.41. The number of imide groups is 1. The molecule has 1 N–H and O–H groups in total. The van der Waals surface area contributed by atoms with Gasteiger partial charge in [-0.25, -0.2) is 0 Å². The number of benzene rings is 3. The van der Waals surface area contributed by atoms with Crippen LogP contribution in [0, 0.1) is 13.8 Å². The lowest BCUT2D eigenvalue weighted by Gasteiger charge is -2.41. The first kappa shape index (κ1) is 21.9. The number of hydrogen-bond donors (Lipinski definition) is 1. The van der Waals surface area contributed by atoms with E-state index in [0.29, 0.717) is 17.5 Å². The molecule has 2 heterocycles. The fourth-order valence-corrected chi connectivity index (χ4v) is 5.11. The summed E-state index contributed by atoms with van der Waals surface area (Å²) in [6.45, 7) is 5.80. The molecule has 5 rings (SSSR count). The molecule has 0 saturated heterocycles. The van der Waals surface area contributed by atoms with Crippen molar-refractivity contribution < 1.29 is 14.4 Å². The second-order valence-electron chi connectivity index (χ2n) is 9.12. The van der Waals surface area contributed by atoms with Gasteiger partial charge >= 0.3 is 0 Å². The van der Waals surface area contributed by atoms with Gasteiger partial charge in [-0.15, -0.1) is 0 Å². The smallest absolute Gasteiger partial charge is 0.262 e. The highest BCUT2D eigenvalue weighted by molar-refractivity contribution is 6.22. The van der Waals surface area contributed by atoms with Crippen LogP contribution in [0.2, 0.25) is 0 Å². The third-order valence-electron chi connectivity index (χ3n) is 6.82. The van der Waals surface area contributed by atoms with Crippen LogP contribution >= 0.6 is 0 Å². The number of fused-ring (bicyclic) bond motifs is 2. The van der Waals surface area contributed by atoms with E-state index in [2.05, 4.69) is 24.4 Å². The Bertz CT molecular complexity index is 1280. The number of nitrogens with one attached hydrogen (secondary N) is 1. The number of carbonyl (C=O) groups excluding carboxylic acids is 3. The highest BCUT2D eigenvalue weighted by atomic mass is 16.2. The quantitative estimate of drug-likeness (QED) is 0.572. The maximum Gasteiger partial charge on any atom is 0.262 e. The van der Waals surface area contributed by atoms with Crippen LogP contribution in [-0.4, -0.2) is 35.2 Å². The van der Waals surface area contributed by atoms with Crippen molar-refractivity contribution in [3.05, 3.63) is 94.5 Å². The first-order valence-electron chi connectivity index (χ1n) is 11.6. The summed E-state index contributed by atoms with van der Waals surface area (Å²) in [7, 11) is 0. The lowest BCUT2D eigenvalue weighted by molar-refractivity contribution is -0.119.